The van der Waals surface area contributed by atoms with Crippen LogP contribution in [0.15, 0.2) is 59.5 Å². The first-order chi connectivity index (χ1) is 19.5. The molecule has 6 heterocycles. The first-order valence-electron chi connectivity index (χ1n) is 13.1. The van der Waals surface area contributed by atoms with E-state index >= 15 is 0 Å². The highest BCUT2D eigenvalue weighted by Gasteiger charge is 2.28. The van der Waals surface area contributed by atoms with E-state index in [2.05, 4.69) is 15.7 Å². The molecule has 0 spiro atoms. The molecule has 0 atom stereocenters. The number of aromatic nitrogens is 3. The Labute approximate surface area is 229 Å². The Morgan fingerprint density at radius 2 is 2.00 bits per heavy atom. The lowest BCUT2D eigenvalue weighted by atomic mass is 9.95. The number of fused-ring (bicyclic) bond motifs is 4. The highest BCUT2D eigenvalue weighted by molar-refractivity contribution is 6.08. The van der Waals surface area contributed by atoms with Crippen molar-refractivity contribution >= 4 is 45.5 Å². The number of carbonyl (C=O) groups excluding carboxylic acids is 2. The van der Waals surface area contributed by atoms with Crippen LogP contribution in [-0.2, 0) is 22.6 Å². The van der Waals surface area contributed by atoms with E-state index in [0.717, 1.165) is 44.6 Å². The number of benzene rings is 1. The summed E-state index contributed by atoms with van der Waals surface area (Å²) in [6.07, 6.45) is 5.37. The summed E-state index contributed by atoms with van der Waals surface area (Å²) in [5.41, 5.74) is 7.24. The quantitative estimate of drug-likeness (QED) is 0.338. The molecule has 2 aliphatic rings. The maximum Gasteiger partial charge on any atom is 0.254 e. The van der Waals surface area contributed by atoms with Gasteiger partial charge in [-0.1, -0.05) is 6.07 Å². The second-order valence-electron chi connectivity index (χ2n) is 10.2. The Kier molecular flexibility index (Phi) is 5.76. The van der Waals surface area contributed by atoms with Crippen molar-refractivity contribution in [2.45, 2.75) is 13.1 Å². The number of hydrogen-bond donors (Lipinski definition) is 2. The zero-order valence-corrected chi connectivity index (χ0v) is 22.1. The van der Waals surface area contributed by atoms with Gasteiger partial charge in [-0.2, -0.15) is 5.10 Å². The lowest BCUT2D eigenvalue weighted by Crippen LogP contribution is -2.42. The molecular formula is C29H27N7O4. The SMILES string of the molecule is CN(C)Cc1nc(Nc2ccc(-c3cnn4ccc5occc5c34)c3c2C(=O)NC3)ccc1N1CCOCC1=O. The van der Waals surface area contributed by atoms with Crippen molar-refractivity contribution in [3.8, 4) is 11.1 Å². The summed E-state index contributed by atoms with van der Waals surface area (Å²) in [7, 11) is 3.92. The van der Waals surface area contributed by atoms with Gasteiger partial charge in [-0.25, -0.2) is 9.50 Å². The molecule has 0 bridgehead atoms. The number of ether oxygens (including phenoxy) is 1. The van der Waals surface area contributed by atoms with E-state index in [1.54, 1.807) is 11.2 Å². The minimum Gasteiger partial charge on any atom is -0.464 e. The van der Waals surface area contributed by atoms with Gasteiger partial charge < -0.3 is 29.6 Å². The molecule has 1 aromatic carbocycles. The standard InChI is InChI=1S/C29H27N7O4/c1-34(2)15-22-23(35-10-12-39-16-26(35)37)5-6-25(33-22)32-21-4-3-17(19-13-30-29(38)27(19)21)20-14-31-36-9-7-24-18(28(20)36)8-11-40-24/h3-9,11,14H,10,12-13,15-16H2,1-2H3,(H,30,38)(H,32,33). The molecular weight excluding hydrogens is 510 g/mol. The smallest absolute Gasteiger partial charge is 0.254 e. The predicted molar refractivity (Wildman–Crippen MR) is 150 cm³/mol. The van der Waals surface area contributed by atoms with E-state index in [-0.39, 0.29) is 18.4 Å². The Morgan fingerprint density at radius 3 is 2.85 bits per heavy atom. The van der Waals surface area contributed by atoms with E-state index in [0.29, 0.717) is 43.3 Å². The van der Waals surface area contributed by atoms with Gasteiger partial charge in [0.2, 0.25) is 0 Å². The van der Waals surface area contributed by atoms with Crippen molar-refractivity contribution in [1.29, 1.82) is 0 Å². The summed E-state index contributed by atoms with van der Waals surface area (Å²) < 4.78 is 12.7. The molecule has 5 aromatic rings. The number of nitrogens with one attached hydrogen (secondary N) is 2. The molecule has 4 aromatic heterocycles. The molecule has 7 rings (SSSR count). The average molecular weight is 538 g/mol. The van der Waals surface area contributed by atoms with Crippen molar-refractivity contribution in [2.24, 2.45) is 0 Å². The maximum absolute atomic E-state index is 13.1. The van der Waals surface area contributed by atoms with Gasteiger partial charge in [0, 0.05) is 36.8 Å². The summed E-state index contributed by atoms with van der Waals surface area (Å²) in [5.74, 6) is 0.361. The zero-order valence-electron chi connectivity index (χ0n) is 22.1. The van der Waals surface area contributed by atoms with Crippen molar-refractivity contribution < 1.29 is 18.7 Å². The Balaban J connectivity index is 1.28. The lowest BCUT2D eigenvalue weighted by molar-refractivity contribution is -0.125. The number of rotatable bonds is 6. The largest absolute Gasteiger partial charge is 0.464 e. The summed E-state index contributed by atoms with van der Waals surface area (Å²) in [4.78, 5) is 34.2. The molecule has 1 fully saturated rings. The summed E-state index contributed by atoms with van der Waals surface area (Å²) in [5, 5.41) is 11.9. The summed E-state index contributed by atoms with van der Waals surface area (Å²) in [6.45, 7) is 1.99. The Morgan fingerprint density at radius 1 is 1.10 bits per heavy atom. The maximum atomic E-state index is 13.1. The van der Waals surface area contributed by atoms with Crippen LogP contribution in [0.25, 0.3) is 27.6 Å². The van der Waals surface area contributed by atoms with Gasteiger partial charge in [-0.15, -0.1) is 0 Å². The number of nitrogens with zero attached hydrogens (tertiary/aromatic N) is 5. The van der Waals surface area contributed by atoms with Crippen molar-refractivity contribution in [3.05, 3.63) is 71.9 Å². The monoisotopic (exact) mass is 537 g/mol. The van der Waals surface area contributed by atoms with Gasteiger partial charge in [0.15, 0.2) is 0 Å². The van der Waals surface area contributed by atoms with Crippen LogP contribution in [0.2, 0.25) is 0 Å². The Hall–Kier alpha value is -4.74. The number of carbonyl (C=O) groups is 2. The number of furan rings is 1. The van der Waals surface area contributed by atoms with E-state index in [9.17, 15) is 9.59 Å². The first kappa shape index (κ1) is 24.3. The second kappa shape index (κ2) is 9.47. The third-order valence-corrected chi connectivity index (χ3v) is 7.32. The normalized spacial score (nSPS) is 15.3. The number of hydrogen-bond acceptors (Lipinski definition) is 8. The molecule has 11 heteroatoms. The number of amides is 2. The van der Waals surface area contributed by atoms with Crippen LogP contribution >= 0.6 is 0 Å². The van der Waals surface area contributed by atoms with Crippen LogP contribution in [0.5, 0.6) is 0 Å². The van der Waals surface area contributed by atoms with E-state index < -0.39 is 0 Å². The predicted octanol–water partition coefficient (Wildman–Crippen LogP) is 3.55. The molecule has 2 amide bonds. The zero-order chi connectivity index (χ0) is 27.4. The summed E-state index contributed by atoms with van der Waals surface area (Å²) in [6, 6.07) is 11.5. The molecule has 0 unspecified atom stereocenters. The molecule has 2 N–H and O–H groups in total. The minimum atomic E-state index is -0.145. The van der Waals surface area contributed by atoms with Gasteiger partial charge in [0.05, 0.1) is 47.2 Å². The van der Waals surface area contributed by atoms with Crippen molar-refractivity contribution in [2.75, 3.05) is 44.1 Å². The molecule has 202 valence electrons. The topological polar surface area (TPSA) is 117 Å². The third kappa shape index (κ3) is 3.98. The average Bonchev–Trinajstić information content (AvgIpc) is 3.68. The Bertz CT molecular complexity index is 1810. The first-order valence-corrected chi connectivity index (χ1v) is 13.1. The van der Waals surface area contributed by atoms with Crippen LogP contribution in [0.1, 0.15) is 21.6 Å². The van der Waals surface area contributed by atoms with Gasteiger partial charge in [0.1, 0.15) is 18.0 Å². The van der Waals surface area contributed by atoms with E-state index in [1.165, 1.54) is 0 Å². The highest BCUT2D eigenvalue weighted by atomic mass is 16.5. The third-order valence-electron chi connectivity index (χ3n) is 7.32. The molecule has 2 aliphatic heterocycles. The van der Waals surface area contributed by atoms with Crippen LogP contribution < -0.4 is 15.5 Å². The summed E-state index contributed by atoms with van der Waals surface area (Å²) >= 11 is 0. The number of morpholine rings is 1. The molecule has 11 nitrogen and oxygen atoms in total. The number of anilines is 3. The molecule has 40 heavy (non-hydrogen) atoms. The fourth-order valence-electron chi connectivity index (χ4n) is 5.57. The molecule has 0 saturated carbocycles. The van der Waals surface area contributed by atoms with Crippen molar-refractivity contribution in [1.82, 2.24) is 24.8 Å². The van der Waals surface area contributed by atoms with Gasteiger partial charge in [0.25, 0.3) is 11.8 Å². The number of pyridine rings is 2. The molecule has 0 aliphatic carbocycles. The fourth-order valence-corrected chi connectivity index (χ4v) is 5.57. The highest BCUT2D eigenvalue weighted by Crippen LogP contribution is 2.38. The molecule has 0 radical (unpaired) electrons. The van der Waals surface area contributed by atoms with Crippen molar-refractivity contribution in [3.63, 3.8) is 0 Å². The molecule has 1 saturated heterocycles. The van der Waals surface area contributed by atoms with E-state index in [4.69, 9.17) is 14.1 Å². The van der Waals surface area contributed by atoms with Crippen LogP contribution in [0, 0.1) is 0 Å². The van der Waals surface area contributed by atoms with Gasteiger partial charge in [-0.3, -0.25) is 9.59 Å². The van der Waals surface area contributed by atoms with Crippen LogP contribution in [-0.4, -0.2) is 65.2 Å². The van der Waals surface area contributed by atoms with E-state index in [1.807, 2.05) is 72.3 Å². The second-order valence-corrected chi connectivity index (χ2v) is 10.2. The van der Waals surface area contributed by atoms with Crippen LogP contribution in [0.4, 0.5) is 17.2 Å². The fraction of sp³-hybridized carbons (Fsp3) is 0.241. The lowest BCUT2D eigenvalue weighted by Gasteiger charge is -2.29. The minimum absolute atomic E-state index is 0.0633. The van der Waals surface area contributed by atoms with Crippen LogP contribution in [0.3, 0.4) is 0 Å². The van der Waals surface area contributed by atoms with Gasteiger partial charge >= 0.3 is 0 Å². The van der Waals surface area contributed by atoms with Gasteiger partial charge in [-0.05, 0) is 55.6 Å².